The van der Waals surface area contributed by atoms with E-state index in [9.17, 15) is 27.7 Å². The first-order valence-electron chi connectivity index (χ1n) is 5.74. The molecule has 0 unspecified atom stereocenters. The molecule has 0 aliphatic carbocycles. The van der Waals surface area contributed by atoms with Gasteiger partial charge in [-0.15, -0.1) is 24.5 Å². The van der Waals surface area contributed by atoms with Gasteiger partial charge in [-0.2, -0.15) is 4.39 Å². The van der Waals surface area contributed by atoms with E-state index in [1.165, 1.54) is 6.20 Å². The van der Waals surface area contributed by atoms with Gasteiger partial charge in [0.15, 0.2) is 10.2 Å². The molecule has 0 saturated carbocycles. The Morgan fingerprint density at radius 1 is 1.43 bits per heavy atom. The van der Waals surface area contributed by atoms with Gasteiger partial charge in [0.05, 0.1) is 17.2 Å². The molecule has 1 aromatic carbocycles. The van der Waals surface area contributed by atoms with Crippen LogP contribution >= 0.6 is 22.9 Å². The van der Waals surface area contributed by atoms with Gasteiger partial charge in [-0.1, -0.05) is 11.6 Å². The highest BCUT2D eigenvalue weighted by Gasteiger charge is 2.36. The van der Waals surface area contributed by atoms with Crippen molar-refractivity contribution in [3.8, 4) is 5.75 Å². The zero-order chi connectivity index (χ0) is 17.2. The van der Waals surface area contributed by atoms with Crippen molar-refractivity contribution in [2.45, 2.75) is 12.9 Å². The quantitative estimate of drug-likeness (QED) is 0.480. The second-order valence-electron chi connectivity index (χ2n) is 4.01. The average Bonchev–Trinajstić information content (AvgIpc) is 2.83. The highest BCUT2D eigenvalue weighted by atomic mass is 35.5. The van der Waals surface area contributed by atoms with Crippen molar-refractivity contribution >= 4 is 34.3 Å². The lowest BCUT2D eigenvalue weighted by atomic mass is 10.2. The molecule has 0 fully saturated rings. The Morgan fingerprint density at radius 3 is 2.65 bits per heavy atom. The molecule has 0 atom stereocenters. The topological polar surface area (TPSA) is 77.3 Å². The van der Waals surface area contributed by atoms with Crippen LogP contribution in [0.1, 0.15) is 4.88 Å². The number of nitro groups is 1. The van der Waals surface area contributed by atoms with Crippen molar-refractivity contribution < 1.29 is 27.2 Å². The molecule has 23 heavy (non-hydrogen) atoms. The van der Waals surface area contributed by atoms with Gasteiger partial charge >= 0.3 is 12.0 Å². The second-order valence-corrected chi connectivity index (χ2v) is 5.71. The van der Waals surface area contributed by atoms with Gasteiger partial charge in [0.1, 0.15) is 0 Å². The molecule has 1 N–H and O–H groups in total. The maximum atomic E-state index is 13.9. The number of rotatable bonds is 5. The number of alkyl halides is 3. The first kappa shape index (κ1) is 17.2. The van der Waals surface area contributed by atoms with E-state index in [0.717, 1.165) is 23.5 Å². The third-order valence-corrected chi connectivity index (χ3v) is 3.58. The van der Waals surface area contributed by atoms with E-state index in [1.54, 1.807) is 0 Å². The highest BCUT2D eigenvalue weighted by Crippen LogP contribution is 2.37. The Hall–Kier alpha value is -2.14. The molecule has 2 rings (SSSR count). The van der Waals surface area contributed by atoms with Crippen molar-refractivity contribution in [1.29, 1.82) is 0 Å². The van der Waals surface area contributed by atoms with Gasteiger partial charge in [-0.05, 0) is 6.07 Å². The van der Waals surface area contributed by atoms with Crippen LogP contribution in [0, 0.1) is 15.9 Å². The van der Waals surface area contributed by atoms with Crippen LogP contribution in [0.15, 0.2) is 18.3 Å². The summed E-state index contributed by atoms with van der Waals surface area (Å²) in [5.41, 5.74) is -1.52. The predicted octanol–water partition coefficient (Wildman–Crippen LogP) is 4.35. The van der Waals surface area contributed by atoms with Gasteiger partial charge in [0, 0.05) is 17.1 Å². The number of nitrogens with one attached hydrogen (secondary N) is 1. The maximum Gasteiger partial charge on any atom is 0.573 e. The molecule has 1 heterocycles. The summed E-state index contributed by atoms with van der Waals surface area (Å²) in [7, 11) is 0. The molecular formula is C11H6ClF4N3O3S. The molecule has 0 aliphatic heterocycles. The molecule has 12 heteroatoms. The van der Waals surface area contributed by atoms with Gasteiger partial charge in [-0.25, -0.2) is 4.98 Å². The van der Waals surface area contributed by atoms with Crippen LogP contribution < -0.4 is 10.1 Å². The molecule has 2 aromatic rings. The Morgan fingerprint density at radius 2 is 2.13 bits per heavy atom. The van der Waals surface area contributed by atoms with E-state index >= 15 is 0 Å². The summed E-state index contributed by atoms with van der Waals surface area (Å²) in [5, 5.41) is 13.1. The monoisotopic (exact) mass is 371 g/mol. The van der Waals surface area contributed by atoms with E-state index in [4.69, 9.17) is 11.6 Å². The number of thiazole rings is 1. The molecule has 124 valence electrons. The third kappa shape index (κ3) is 4.42. The van der Waals surface area contributed by atoms with Gasteiger partial charge < -0.3 is 10.1 Å². The highest BCUT2D eigenvalue weighted by molar-refractivity contribution is 7.15. The second kappa shape index (κ2) is 6.54. The normalized spacial score (nSPS) is 11.3. The van der Waals surface area contributed by atoms with E-state index in [0.29, 0.717) is 4.88 Å². The average molecular weight is 372 g/mol. The number of hydrogen-bond donors (Lipinski definition) is 1. The number of nitro benzene ring substituents is 1. The van der Waals surface area contributed by atoms with Gasteiger partial charge in [0.25, 0.3) is 0 Å². The number of nitrogens with zero attached hydrogens (tertiary/aromatic N) is 2. The Balaban J connectivity index is 2.33. The Labute approximate surface area is 134 Å². The van der Waals surface area contributed by atoms with Crippen LogP contribution in [0.5, 0.6) is 5.75 Å². The van der Waals surface area contributed by atoms with Crippen LogP contribution in [-0.4, -0.2) is 16.3 Å². The molecule has 0 aliphatic rings. The van der Waals surface area contributed by atoms with E-state index < -0.39 is 34.2 Å². The minimum absolute atomic E-state index is 0.0180. The SMILES string of the molecule is O=[N+]([O-])c1ccc(NCc2cnc(Cl)s2)c(OC(F)(F)F)c1F. The third-order valence-electron chi connectivity index (χ3n) is 2.47. The summed E-state index contributed by atoms with van der Waals surface area (Å²) in [4.78, 5) is 13.8. The van der Waals surface area contributed by atoms with Crippen molar-refractivity contribution in [2.75, 3.05) is 5.32 Å². The lowest BCUT2D eigenvalue weighted by molar-refractivity contribution is -0.387. The maximum absolute atomic E-state index is 13.9. The summed E-state index contributed by atoms with van der Waals surface area (Å²) in [6, 6.07) is 1.66. The molecule has 6 nitrogen and oxygen atoms in total. The molecule has 0 amide bonds. The van der Waals surface area contributed by atoms with Crippen molar-refractivity contribution in [3.63, 3.8) is 0 Å². The number of benzene rings is 1. The summed E-state index contributed by atoms with van der Waals surface area (Å²) in [6.45, 7) is -0.0180. The van der Waals surface area contributed by atoms with Crippen LogP contribution in [0.3, 0.4) is 0 Å². The predicted molar refractivity (Wildman–Crippen MR) is 74.2 cm³/mol. The first-order chi connectivity index (χ1) is 10.7. The number of anilines is 1. The number of aromatic nitrogens is 1. The molecule has 0 spiro atoms. The van der Waals surface area contributed by atoms with Crippen molar-refractivity contribution in [2.24, 2.45) is 0 Å². The number of ether oxygens (including phenoxy) is 1. The lowest BCUT2D eigenvalue weighted by Crippen LogP contribution is -2.19. The summed E-state index contributed by atoms with van der Waals surface area (Å²) < 4.78 is 54.9. The first-order valence-corrected chi connectivity index (χ1v) is 6.93. The van der Waals surface area contributed by atoms with Crippen LogP contribution in [-0.2, 0) is 6.54 Å². The molecule has 0 saturated heterocycles. The van der Waals surface area contributed by atoms with E-state index in [-0.39, 0.29) is 11.0 Å². The molecule has 0 radical (unpaired) electrons. The van der Waals surface area contributed by atoms with Crippen LogP contribution in [0.2, 0.25) is 4.47 Å². The summed E-state index contributed by atoms with van der Waals surface area (Å²) >= 11 is 6.68. The van der Waals surface area contributed by atoms with Gasteiger partial charge in [-0.3, -0.25) is 10.1 Å². The molecule has 1 aromatic heterocycles. The fraction of sp³-hybridized carbons (Fsp3) is 0.182. The summed E-state index contributed by atoms with van der Waals surface area (Å²) in [6.07, 6.45) is -3.83. The minimum Gasteiger partial charge on any atom is -0.400 e. The summed E-state index contributed by atoms with van der Waals surface area (Å²) in [5.74, 6) is -3.03. The van der Waals surface area contributed by atoms with Crippen LogP contribution in [0.25, 0.3) is 0 Å². The fourth-order valence-electron chi connectivity index (χ4n) is 1.59. The van der Waals surface area contributed by atoms with Crippen molar-refractivity contribution in [1.82, 2.24) is 4.98 Å². The smallest absolute Gasteiger partial charge is 0.400 e. The lowest BCUT2D eigenvalue weighted by Gasteiger charge is -2.15. The molecular weight excluding hydrogens is 366 g/mol. The fourth-order valence-corrected chi connectivity index (χ4v) is 2.51. The van der Waals surface area contributed by atoms with Gasteiger partial charge in [0.2, 0.25) is 5.82 Å². The Kier molecular flexibility index (Phi) is 4.90. The van der Waals surface area contributed by atoms with E-state index in [1.807, 2.05) is 0 Å². The number of halogens is 5. The standard InChI is InChI=1S/C11H6ClF4N3O3S/c12-10-18-4-5(23-10)3-17-6-1-2-7(19(20)21)8(13)9(6)22-11(14,15)16/h1-2,4,17H,3H2. The number of hydrogen-bond acceptors (Lipinski definition) is 6. The molecule has 0 bridgehead atoms. The Bertz CT molecular complexity index is 738. The zero-order valence-electron chi connectivity index (χ0n) is 10.9. The van der Waals surface area contributed by atoms with E-state index in [2.05, 4.69) is 15.0 Å². The largest absolute Gasteiger partial charge is 0.573 e. The minimum atomic E-state index is -5.21. The zero-order valence-corrected chi connectivity index (χ0v) is 12.4. The van der Waals surface area contributed by atoms with Crippen molar-refractivity contribution in [3.05, 3.63) is 43.6 Å². The van der Waals surface area contributed by atoms with Crippen LogP contribution in [0.4, 0.5) is 28.9 Å².